The zero-order valence-corrected chi connectivity index (χ0v) is 17.7. The highest BCUT2D eigenvalue weighted by Gasteiger charge is 2.19. The fourth-order valence-electron chi connectivity index (χ4n) is 2.99. The molecule has 31 heavy (non-hydrogen) atoms. The highest BCUT2D eigenvalue weighted by atomic mass is 32.1. The first kappa shape index (κ1) is 22.4. The summed E-state index contributed by atoms with van der Waals surface area (Å²) in [6.07, 6.45) is 0. The van der Waals surface area contributed by atoms with Crippen LogP contribution in [0.2, 0.25) is 0 Å². The summed E-state index contributed by atoms with van der Waals surface area (Å²) in [5, 5.41) is 17.5. The number of hydrogen-bond donors (Lipinski definition) is 3. The highest BCUT2D eigenvalue weighted by molar-refractivity contribution is 7.10. The second-order valence-electron chi connectivity index (χ2n) is 7.05. The second kappa shape index (κ2) is 9.67. The van der Waals surface area contributed by atoms with Gasteiger partial charge in [-0.25, -0.2) is 8.78 Å². The number of likely N-dealkylation sites (N-methyl/N-ethyl adjacent to an activating group) is 1. The Morgan fingerprint density at radius 2 is 1.77 bits per heavy atom. The lowest BCUT2D eigenvalue weighted by molar-refractivity contribution is 0.0939. The second-order valence-corrected chi connectivity index (χ2v) is 8.03. The van der Waals surface area contributed by atoms with Gasteiger partial charge < -0.3 is 20.6 Å². The molecule has 1 heterocycles. The van der Waals surface area contributed by atoms with Crippen molar-refractivity contribution < 1.29 is 23.5 Å². The zero-order chi connectivity index (χ0) is 22.5. The van der Waals surface area contributed by atoms with Gasteiger partial charge >= 0.3 is 0 Å². The number of thiophene rings is 1. The maximum absolute atomic E-state index is 13.3. The third kappa shape index (κ3) is 5.65. The molecule has 1 atom stereocenters. The number of aromatic hydroxyl groups is 1. The van der Waals surface area contributed by atoms with Crippen LogP contribution in [0, 0.1) is 11.6 Å². The Morgan fingerprint density at radius 3 is 2.35 bits per heavy atom. The SMILES string of the molecule is CN(C)C(CNC(=O)c1ccc(NC(=O)c2cc(F)cc(F)c2)cc1O)c1cccs1. The fraction of sp³-hybridized carbons (Fsp3) is 0.182. The lowest BCUT2D eigenvalue weighted by Gasteiger charge is -2.23. The van der Waals surface area contributed by atoms with Gasteiger partial charge in [-0.05, 0) is 49.8 Å². The smallest absolute Gasteiger partial charge is 0.255 e. The number of anilines is 1. The molecule has 0 aliphatic carbocycles. The van der Waals surface area contributed by atoms with Crippen LogP contribution in [0.1, 0.15) is 31.6 Å². The minimum atomic E-state index is -0.876. The van der Waals surface area contributed by atoms with Gasteiger partial charge in [0.05, 0.1) is 11.6 Å². The van der Waals surface area contributed by atoms with E-state index in [1.807, 2.05) is 36.5 Å². The molecule has 2 aromatic carbocycles. The van der Waals surface area contributed by atoms with Crippen molar-refractivity contribution in [2.45, 2.75) is 6.04 Å². The maximum Gasteiger partial charge on any atom is 0.255 e. The van der Waals surface area contributed by atoms with Crippen LogP contribution < -0.4 is 10.6 Å². The minimum absolute atomic E-state index is 0.0173. The van der Waals surface area contributed by atoms with Gasteiger partial charge in [0.25, 0.3) is 11.8 Å². The van der Waals surface area contributed by atoms with Gasteiger partial charge in [0.1, 0.15) is 17.4 Å². The number of nitrogens with one attached hydrogen (secondary N) is 2. The van der Waals surface area contributed by atoms with Gasteiger partial charge in [0.15, 0.2) is 0 Å². The summed E-state index contributed by atoms with van der Waals surface area (Å²) in [7, 11) is 3.83. The molecule has 9 heteroatoms. The number of phenolic OH excluding ortho intramolecular Hbond substituents is 1. The summed E-state index contributed by atoms with van der Waals surface area (Å²) in [6, 6.07) is 10.4. The number of phenols is 1. The Hall–Kier alpha value is -3.30. The first-order valence-electron chi connectivity index (χ1n) is 9.33. The van der Waals surface area contributed by atoms with Crippen molar-refractivity contribution in [1.29, 1.82) is 0 Å². The summed E-state index contributed by atoms with van der Waals surface area (Å²) >= 11 is 1.59. The Balaban J connectivity index is 1.67. The first-order valence-corrected chi connectivity index (χ1v) is 10.2. The summed E-state index contributed by atoms with van der Waals surface area (Å²) in [4.78, 5) is 27.8. The van der Waals surface area contributed by atoms with E-state index < -0.39 is 23.4 Å². The van der Waals surface area contributed by atoms with Crippen LogP contribution in [0.25, 0.3) is 0 Å². The van der Waals surface area contributed by atoms with E-state index in [2.05, 4.69) is 10.6 Å². The van der Waals surface area contributed by atoms with Crippen molar-refractivity contribution in [3.05, 3.63) is 81.5 Å². The van der Waals surface area contributed by atoms with Gasteiger partial charge in [-0.2, -0.15) is 0 Å². The zero-order valence-electron chi connectivity index (χ0n) is 16.9. The number of hydrogen-bond acceptors (Lipinski definition) is 5. The van der Waals surface area contributed by atoms with Crippen LogP contribution >= 0.6 is 11.3 Å². The van der Waals surface area contributed by atoms with E-state index in [0.29, 0.717) is 12.6 Å². The van der Waals surface area contributed by atoms with Crippen LogP contribution in [0.3, 0.4) is 0 Å². The normalized spacial score (nSPS) is 11.9. The fourth-order valence-corrected chi connectivity index (χ4v) is 3.92. The van der Waals surface area contributed by atoms with Crippen molar-refractivity contribution in [1.82, 2.24) is 10.2 Å². The van der Waals surface area contributed by atoms with Gasteiger partial charge in [-0.1, -0.05) is 6.07 Å². The van der Waals surface area contributed by atoms with Crippen LogP contribution in [0.4, 0.5) is 14.5 Å². The van der Waals surface area contributed by atoms with E-state index in [1.54, 1.807) is 11.3 Å². The van der Waals surface area contributed by atoms with E-state index in [0.717, 1.165) is 17.0 Å². The van der Waals surface area contributed by atoms with Crippen molar-refractivity contribution in [3.8, 4) is 5.75 Å². The summed E-state index contributed by atoms with van der Waals surface area (Å²) in [5.41, 5.74) is 0.00840. The number of carbonyl (C=O) groups excluding carboxylic acids is 2. The molecular formula is C22H21F2N3O3S. The van der Waals surface area contributed by atoms with Gasteiger partial charge in [0.2, 0.25) is 0 Å². The number of halogens is 2. The van der Waals surface area contributed by atoms with Crippen molar-refractivity contribution in [3.63, 3.8) is 0 Å². The molecule has 2 amide bonds. The first-order chi connectivity index (χ1) is 14.7. The average molecular weight is 445 g/mol. The third-order valence-electron chi connectivity index (χ3n) is 4.58. The monoisotopic (exact) mass is 445 g/mol. The van der Waals surface area contributed by atoms with Gasteiger partial charge in [-0.15, -0.1) is 11.3 Å². The number of amides is 2. The molecule has 0 spiro atoms. The van der Waals surface area contributed by atoms with E-state index in [4.69, 9.17) is 0 Å². The largest absolute Gasteiger partial charge is 0.507 e. The summed E-state index contributed by atoms with van der Waals surface area (Å²) in [6.45, 7) is 0.343. The Morgan fingerprint density at radius 1 is 1.06 bits per heavy atom. The lowest BCUT2D eigenvalue weighted by Crippen LogP contribution is -2.34. The molecule has 0 saturated carbocycles. The quantitative estimate of drug-likeness (QED) is 0.513. The molecule has 0 radical (unpaired) electrons. The number of nitrogens with zero attached hydrogens (tertiary/aromatic N) is 1. The van der Waals surface area contributed by atoms with Crippen LogP contribution in [0.5, 0.6) is 5.75 Å². The highest BCUT2D eigenvalue weighted by Crippen LogP contribution is 2.25. The predicted molar refractivity (Wildman–Crippen MR) is 115 cm³/mol. The van der Waals surface area contributed by atoms with Crippen LogP contribution in [-0.2, 0) is 0 Å². The molecule has 0 bridgehead atoms. The van der Waals surface area contributed by atoms with E-state index in [-0.39, 0.29) is 28.6 Å². The number of rotatable bonds is 7. The van der Waals surface area contributed by atoms with Crippen molar-refractivity contribution in [2.24, 2.45) is 0 Å². The Bertz CT molecular complexity index is 1070. The van der Waals surface area contributed by atoms with Crippen LogP contribution in [-0.4, -0.2) is 42.5 Å². The third-order valence-corrected chi connectivity index (χ3v) is 5.55. The molecule has 3 aromatic rings. The Labute approximate surface area is 182 Å². The van der Waals surface area contributed by atoms with Crippen molar-refractivity contribution in [2.75, 3.05) is 26.0 Å². The predicted octanol–water partition coefficient (Wildman–Crippen LogP) is 4.02. The van der Waals surface area contributed by atoms with Gasteiger partial charge in [0, 0.05) is 34.8 Å². The molecule has 6 nitrogen and oxygen atoms in total. The average Bonchev–Trinajstić information content (AvgIpc) is 3.21. The van der Waals surface area contributed by atoms with E-state index >= 15 is 0 Å². The molecule has 0 aliphatic rings. The topological polar surface area (TPSA) is 81.7 Å². The lowest BCUT2D eigenvalue weighted by atomic mass is 10.1. The molecule has 3 N–H and O–H groups in total. The summed E-state index contributed by atoms with van der Waals surface area (Å²) in [5.74, 6) is -3.30. The van der Waals surface area contributed by atoms with Crippen LogP contribution in [0.15, 0.2) is 53.9 Å². The number of carbonyl (C=O) groups is 2. The Kier molecular flexibility index (Phi) is 6.98. The molecule has 3 rings (SSSR count). The molecule has 1 aromatic heterocycles. The molecule has 162 valence electrons. The standard InChI is InChI=1S/C22H21F2N3O3S/c1-27(2)18(20-4-3-7-31-20)12-25-22(30)17-6-5-16(11-19(17)28)26-21(29)13-8-14(23)10-15(24)9-13/h3-11,18,28H,12H2,1-2H3,(H,25,30)(H,26,29). The van der Waals surface area contributed by atoms with Crippen molar-refractivity contribution >= 4 is 28.8 Å². The summed E-state index contributed by atoms with van der Waals surface area (Å²) < 4.78 is 26.6. The number of benzene rings is 2. The molecule has 1 unspecified atom stereocenters. The van der Waals surface area contributed by atoms with E-state index in [1.165, 1.54) is 18.2 Å². The maximum atomic E-state index is 13.3. The van der Waals surface area contributed by atoms with E-state index in [9.17, 15) is 23.5 Å². The van der Waals surface area contributed by atoms with Gasteiger partial charge in [-0.3, -0.25) is 9.59 Å². The molecule has 0 aliphatic heterocycles. The molecular weight excluding hydrogens is 424 g/mol. The molecule has 0 saturated heterocycles. The molecule has 0 fully saturated rings. The minimum Gasteiger partial charge on any atom is -0.507 e.